The van der Waals surface area contributed by atoms with Crippen LogP contribution in [-0.2, 0) is 19.1 Å². The van der Waals surface area contributed by atoms with Crippen molar-refractivity contribution in [2.45, 2.75) is 26.2 Å². The van der Waals surface area contributed by atoms with Crippen LogP contribution < -0.4 is 10.1 Å². The number of allylic oxidation sites excluding steroid dienone is 2. The quantitative estimate of drug-likeness (QED) is 0.412. The minimum absolute atomic E-state index is 0.0252. The van der Waals surface area contributed by atoms with Gasteiger partial charge in [-0.25, -0.2) is 9.59 Å². The van der Waals surface area contributed by atoms with Gasteiger partial charge in [0.1, 0.15) is 25.6 Å². The minimum Gasteiger partial charge on any atom is -0.490 e. The van der Waals surface area contributed by atoms with Gasteiger partial charge in [0, 0.05) is 16.4 Å². The Labute approximate surface area is 203 Å². The molecule has 3 rings (SSSR count). The number of para-hydroxylation sites is 1. The molecule has 1 N–H and O–H groups in total. The van der Waals surface area contributed by atoms with Crippen LogP contribution >= 0.6 is 11.6 Å². The highest BCUT2D eigenvalue weighted by atomic mass is 35.5. The van der Waals surface area contributed by atoms with Crippen LogP contribution in [0.3, 0.4) is 0 Å². The molecule has 0 saturated carbocycles. The maximum absolute atomic E-state index is 13.2. The van der Waals surface area contributed by atoms with Crippen LogP contribution in [0, 0.1) is 11.3 Å². The van der Waals surface area contributed by atoms with Gasteiger partial charge in [0.2, 0.25) is 0 Å². The third-order valence-electron chi connectivity index (χ3n) is 5.16. The third-order valence-corrected chi connectivity index (χ3v) is 5.39. The number of benzene rings is 2. The maximum atomic E-state index is 13.2. The molecule has 34 heavy (non-hydrogen) atoms. The highest BCUT2D eigenvalue weighted by Gasteiger charge is 2.38. The van der Waals surface area contributed by atoms with Gasteiger partial charge in [-0.1, -0.05) is 41.9 Å². The molecule has 1 aliphatic heterocycles. The molecule has 0 fully saturated rings. The van der Waals surface area contributed by atoms with Crippen LogP contribution in [0.4, 0.5) is 0 Å². The van der Waals surface area contributed by atoms with Crippen molar-refractivity contribution >= 4 is 23.5 Å². The van der Waals surface area contributed by atoms with E-state index in [1.165, 1.54) is 0 Å². The van der Waals surface area contributed by atoms with Crippen molar-refractivity contribution in [1.82, 2.24) is 5.32 Å². The molecule has 1 heterocycles. The highest BCUT2D eigenvalue weighted by molar-refractivity contribution is 6.30. The molecule has 0 radical (unpaired) electrons. The molecule has 0 spiro atoms. The van der Waals surface area contributed by atoms with Crippen molar-refractivity contribution in [3.8, 4) is 11.8 Å². The first kappa shape index (κ1) is 24.9. The lowest BCUT2D eigenvalue weighted by Gasteiger charge is -2.30. The fourth-order valence-corrected chi connectivity index (χ4v) is 3.91. The number of nitriles is 1. The third kappa shape index (κ3) is 6.18. The molecule has 1 atom stereocenters. The van der Waals surface area contributed by atoms with Gasteiger partial charge in [-0.05, 0) is 43.7 Å². The second-order valence-corrected chi connectivity index (χ2v) is 7.97. The van der Waals surface area contributed by atoms with Crippen molar-refractivity contribution in [3.63, 3.8) is 0 Å². The van der Waals surface area contributed by atoms with E-state index in [2.05, 4.69) is 5.32 Å². The Kier molecular flexibility index (Phi) is 8.72. The zero-order chi connectivity index (χ0) is 24.5. The first-order valence-corrected chi connectivity index (χ1v) is 11.1. The fourth-order valence-electron chi connectivity index (χ4n) is 3.71. The largest absolute Gasteiger partial charge is 0.490 e. The smallest absolute Gasteiger partial charge is 0.336 e. The van der Waals surface area contributed by atoms with Crippen molar-refractivity contribution in [2.24, 2.45) is 0 Å². The lowest BCUT2D eigenvalue weighted by atomic mass is 9.80. The van der Waals surface area contributed by atoms with Crippen LogP contribution in [0.1, 0.15) is 31.7 Å². The SMILES string of the molecule is CC1=C(C(=O)OCCC#N)C(c2cccc(Cl)c2)C(C(=O)OCCOc2ccccc2)=C(C)N1. The summed E-state index contributed by atoms with van der Waals surface area (Å²) in [5.41, 5.74) is 2.30. The van der Waals surface area contributed by atoms with Crippen LogP contribution in [0.2, 0.25) is 5.02 Å². The lowest BCUT2D eigenvalue weighted by molar-refractivity contribution is -0.140. The van der Waals surface area contributed by atoms with Crippen LogP contribution in [0.5, 0.6) is 5.75 Å². The Morgan fingerprint density at radius 3 is 2.21 bits per heavy atom. The lowest BCUT2D eigenvalue weighted by Crippen LogP contribution is -2.33. The van der Waals surface area contributed by atoms with Gasteiger partial charge in [0.15, 0.2) is 0 Å². The average molecular weight is 481 g/mol. The summed E-state index contributed by atoms with van der Waals surface area (Å²) in [6.45, 7) is 3.63. The molecule has 0 saturated heterocycles. The van der Waals surface area contributed by atoms with Crippen LogP contribution in [0.25, 0.3) is 0 Å². The predicted octanol–water partition coefficient (Wildman–Crippen LogP) is 4.65. The second-order valence-electron chi connectivity index (χ2n) is 7.53. The van der Waals surface area contributed by atoms with Gasteiger partial charge < -0.3 is 19.5 Å². The predicted molar refractivity (Wildman–Crippen MR) is 127 cm³/mol. The zero-order valence-electron chi connectivity index (χ0n) is 19.0. The Morgan fingerprint density at radius 2 is 1.59 bits per heavy atom. The van der Waals surface area contributed by atoms with Crippen molar-refractivity contribution in [3.05, 3.63) is 87.7 Å². The first-order valence-electron chi connectivity index (χ1n) is 10.8. The van der Waals surface area contributed by atoms with Gasteiger partial charge in [-0.15, -0.1) is 0 Å². The fraction of sp³-hybridized carbons (Fsp3) is 0.269. The van der Waals surface area contributed by atoms with Gasteiger partial charge in [0.25, 0.3) is 0 Å². The number of halogens is 1. The van der Waals surface area contributed by atoms with Crippen molar-refractivity contribution in [1.29, 1.82) is 5.26 Å². The van der Waals surface area contributed by atoms with E-state index in [0.717, 1.165) is 0 Å². The van der Waals surface area contributed by atoms with Crippen LogP contribution in [-0.4, -0.2) is 31.8 Å². The summed E-state index contributed by atoms with van der Waals surface area (Å²) in [5.74, 6) is -1.28. The van der Waals surface area contributed by atoms with E-state index in [1.54, 1.807) is 38.1 Å². The average Bonchev–Trinajstić information content (AvgIpc) is 2.82. The Hall–Kier alpha value is -3.76. The molecule has 0 aromatic heterocycles. The molecule has 0 aliphatic carbocycles. The monoisotopic (exact) mass is 480 g/mol. The summed E-state index contributed by atoms with van der Waals surface area (Å²) < 4.78 is 16.4. The number of dihydropyridines is 1. The molecule has 8 heteroatoms. The first-order chi connectivity index (χ1) is 16.4. The van der Waals surface area contributed by atoms with Gasteiger partial charge in [-0.2, -0.15) is 5.26 Å². The molecule has 0 bridgehead atoms. The van der Waals surface area contributed by atoms with Gasteiger partial charge in [0.05, 0.1) is 29.6 Å². The number of esters is 2. The summed E-state index contributed by atoms with van der Waals surface area (Å²) in [6.07, 6.45) is 0.0680. The molecule has 7 nitrogen and oxygen atoms in total. The van der Waals surface area contributed by atoms with E-state index in [0.29, 0.717) is 27.7 Å². The number of rotatable bonds is 9. The van der Waals surface area contributed by atoms with E-state index >= 15 is 0 Å². The number of hydrogen-bond donors (Lipinski definition) is 1. The summed E-state index contributed by atoms with van der Waals surface area (Å²) in [5, 5.41) is 12.3. The summed E-state index contributed by atoms with van der Waals surface area (Å²) in [7, 11) is 0. The summed E-state index contributed by atoms with van der Waals surface area (Å²) in [4.78, 5) is 26.2. The van der Waals surface area contributed by atoms with E-state index in [9.17, 15) is 9.59 Å². The minimum atomic E-state index is -0.753. The Bertz CT molecular complexity index is 1150. The Morgan fingerprint density at radius 1 is 0.941 bits per heavy atom. The number of carbonyl (C=O) groups excluding carboxylic acids is 2. The van der Waals surface area contributed by atoms with Gasteiger partial charge in [-0.3, -0.25) is 0 Å². The number of nitrogens with zero attached hydrogens (tertiary/aromatic N) is 1. The number of hydrogen-bond acceptors (Lipinski definition) is 7. The molecular formula is C26H25ClN2O5. The molecule has 1 unspecified atom stereocenters. The molecular weight excluding hydrogens is 456 g/mol. The van der Waals surface area contributed by atoms with E-state index in [-0.39, 0.29) is 37.4 Å². The highest BCUT2D eigenvalue weighted by Crippen LogP contribution is 2.39. The standard InChI is InChI=1S/C26H25ClN2O5/c1-17-22(25(30)33-13-7-12-28)24(19-8-6-9-20(27)16-19)23(18(2)29-17)26(31)34-15-14-32-21-10-4-3-5-11-21/h3-6,8-11,16,24,29H,7,13-15H2,1-2H3. The Balaban J connectivity index is 1.84. The van der Waals surface area contributed by atoms with Gasteiger partial charge >= 0.3 is 11.9 Å². The molecule has 1 aliphatic rings. The summed E-state index contributed by atoms with van der Waals surface area (Å²) in [6, 6.07) is 18.1. The number of ether oxygens (including phenoxy) is 3. The molecule has 176 valence electrons. The summed E-state index contributed by atoms with van der Waals surface area (Å²) >= 11 is 6.22. The maximum Gasteiger partial charge on any atom is 0.336 e. The number of nitrogens with one attached hydrogen (secondary N) is 1. The van der Waals surface area contributed by atoms with E-state index < -0.39 is 17.9 Å². The normalized spacial score (nSPS) is 15.3. The van der Waals surface area contributed by atoms with Crippen molar-refractivity contribution in [2.75, 3.05) is 19.8 Å². The molecule has 0 amide bonds. The topological polar surface area (TPSA) is 97.7 Å². The van der Waals surface area contributed by atoms with Crippen LogP contribution in [0.15, 0.2) is 77.1 Å². The molecule has 2 aromatic rings. The molecule has 2 aromatic carbocycles. The number of carbonyl (C=O) groups is 2. The van der Waals surface area contributed by atoms with Crippen molar-refractivity contribution < 1.29 is 23.8 Å². The second kappa shape index (κ2) is 11.9. The zero-order valence-corrected chi connectivity index (χ0v) is 19.7. The van der Waals surface area contributed by atoms with E-state index in [4.69, 9.17) is 31.1 Å². The van der Waals surface area contributed by atoms with E-state index in [1.807, 2.05) is 36.4 Å².